The van der Waals surface area contributed by atoms with Crippen molar-refractivity contribution in [1.29, 1.82) is 0 Å². The standard InChI is InChI=1S/C8H9.C3H5.Pd/c1-2-5-8-6-3-4-7-8;1-3-2;/h2-4,6-7H,1,5H2;3H,1-2H2;/q2*-1;+2. The molecule has 0 saturated heterocycles. The Hall–Kier alpha value is -0.638. The fourth-order valence-corrected chi connectivity index (χ4v) is 0.717. The zero-order chi connectivity index (χ0) is 8.53. The normalized spacial score (nSPS) is 7.00. The summed E-state index contributed by atoms with van der Waals surface area (Å²) in [5, 5.41) is 0. The summed E-state index contributed by atoms with van der Waals surface area (Å²) >= 11 is 0. The molecule has 1 rings (SSSR count). The van der Waals surface area contributed by atoms with Crippen molar-refractivity contribution in [3.05, 3.63) is 62.1 Å². The van der Waals surface area contributed by atoms with Crippen molar-refractivity contribution in [2.75, 3.05) is 0 Å². The summed E-state index contributed by atoms with van der Waals surface area (Å²) in [4.78, 5) is 0. The van der Waals surface area contributed by atoms with E-state index in [1.807, 2.05) is 18.2 Å². The van der Waals surface area contributed by atoms with Crippen LogP contribution in [-0.4, -0.2) is 0 Å². The third-order valence-corrected chi connectivity index (χ3v) is 1.11. The van der Waals surface area contributed by atoms with Gasteiger partial charge in [0.05, 0.1) is 0 Å². The monoisotopic (exact) mass is 252 g/mol. The summed E-state index contributed by atoms with van der Waals surface area (Å²) in [5.41, 5.74) is 1.35. The van der Waals surface area contributed by atoms with Crippen molar-refractivity contribution in [1.82, 2.24) is 0 Å². The van der Waals surface area contributed by atoms with Crippen LogP contribution in [0.2, 0.25) is 0 Å². The van der Waals surface area contributed by atoms with E-state index in [-0.39, 0.29) is 20.4 Å². The summed E-state index contributed by atoms with van der Waals surface area (Å²) in [5.74, 6) is 0. The quantitative estimate of drug-likeness (QED) is 0.431. The Morgan fingerprint density at radius 3 is 2.00 bits per heavy atom. The maximum absolute atomic E-state index is 3.64. The SMILES string of the molecule is C=CC[c-]1cccc1.C=C[CH2-].[Pd+2]. The van der Waals surface area contributed by atoms with Gasteiger partial charge in [0.15, 0.2) is 0 Å². The molecule has 1 heteroatoms. The molecule has 0 aliphatic rings. The fraction of sp³-hybridized carbons (Fsp3) is 0.0909. The predicted octanol–water partition coefficient (Wildman–Crippen LogP) is 3.14. The average molecular weight is 253 g/mol. The third-order valence-electron chi connectivity index (χ3n) is 1.11. The van der Waals surface area contributed by atoms with E-state index in [1.54, 1.807) is 0 Å². The van der Waals surface area contributed by atoms with Gasteiger partial charge in [-0.3, -0.25) is 0 Å². The molecule has 0 bridgehead atoms. The Morgan fingerprint density at radius 2 is 1.67 bits per heavy atom. The van der Waals surface area contributed by atoms with Crippen LogP contribution in [0.15, 0.2) is 49.6 Å². The average Bonchev–Trinajstić information content (AvgIpc) is 2.42. The zero-order valence-corrected chi connectivity index (χ0v) is 8.66. The van der Waals surface area contributed by atoms with E-state index in [0.717, 1.165) is 6.42 Å². The maximum atomic E-state index is 3.64. The molecule has 0 nitrogen and oxygen atoms in total. The Labute approximate surface area is 89.0 Å². The van der Waals surface area contributed by atoms with E-state index in [2.05, 4.69) is 32.2 Å². The Kier molecular flexibility index (Phi) is 12.0. The van der Waals surface area contributed by atoms with Crippen molar-refractivity contribution >= 4 is 0 Å². The molecule has 0 spiro atoms. The fourth-order valence-electron chi connectivity index (χ4n) is 0.717. The smallest absolute Gasteiger partial charge is 0.245 e. The second-order valence-corrected chi connectivity index (χ2v) is 2.07. The Balaban J connectivity index is 0. The molecule has 0 aliphatic heterocycles. The largest absolute Gasteiger partial charge is 2.00 e. The minimum Gasteiger partial charge on any atom is -0.245 e. The van der Waals surface area contributed by atoms with Crippen molar-refractivity contribution in [3.8, 4) is 0 Å². The molecule has 0 aromatic heterocycles. The first-order valence-corrected chi connectivity index (χ1v) is 3.56. The summed E-state index contributed by atoms with van der Waals surface area (Å²) in [6, 6.07) is 8.28. The van der Waals surface area contributed by atoms with Crippen molar-refractivity contribution < 1.29 is 20.4 Å². The second kappa shape index (κ2) is 10.4. The number of hydrogen-bond acceptors (Lipinski definition) is 0. The number of hydrogen-bond donors (Lipinski definition) is 0. The first-order chi connectivity index (χ1) is 5.35. The summed E-state index contributed by atoms with van der Waals surface area (Å²) in [6.07, 6.45) is 4.41. The summed E-state index contributed by atoms with van der Waals surface area (Å²) < 4.78 is 0. The molecule has 68 valence electrons. The van der Waals surface area contributed by atoms with Crippen LogP contribution in [0.1, 0.15) is 5.56 Å². The minimum absolute atomic E-state index is 0. The molecule has 12 heavy (non-hydrogen) atoms. The van der Waals surface area contributed by atoms with E-state index in [1.165, 1.54) is 11.6 Å². The molecule has 1 aromatic rings. The van der Waals surface area contributed by atoms with Gasteiger partial charge >= 0.3 is 20.4 Å². The van der Waals surface area contributed by atoms with Crippen LogP contribution in [0.5, 0.6) is 0 Å². The van der Waals surface area contributed by atoms with E-state index in [0.29, 0.717) is 0 Å². The molecule has 0 N–H and O–H groups in total. The third kappa shape index (κ3) is 7.47. The molecular weight excluding hydrogens is 239 g/mol. The van der Waals surface area contributed by atoms with Gasteiger partial charge in [-0.1, -0.05) is 12.5 Å². The van der Waals surface area contributed by atoms with Gasteiger partial charge in [-0.05, 0) is 0 Å². The zero-order valence-electron chi connectivity index (χ0n) is 7.11. The Bertz CT molecular complexity index is 185. The van der Waals surface area contributed by atoms with Gasteiger partial charge in [0.1, 0.15) is 0 Å². The topological polar surface area (TPSA) is 0 Å². The van der Waals surface area contributed by atoms with E-state index in [9.17, 15) is 0 Å². The predicted molar refractivity (Wildman–Crippen MR) is 51.5 cm³/mol. The molecule has 1 aromatic carbocycles. The number of rotatable bonds is 2. The molecule has 0 radical (unpaired) electrons. The van der Waals surface area contributed by atoms with E-state index < -0.39 is 0 Å². The molecule has 0 saturated carbocycles. The van der Waals surface area contributed by atoms with Crippen LogP contribution in [0, 0.1) is 6.92 Å². The minimum atomic E-state index is 0. The molecule has 0 fully saturated rings. The molecule has 0 amide bonds. The van der Waals surface area contributed by atoms with Crippen molar-refractivity contribution in [3.63, 3.8) is 0 Å². The van der Waals surface area contributed by atoms with E-state index in [4.69, 9.17) is 0 Å². The summed E-state index contributed by atoms with van der Waals surface area (Å²) in [7, 11) is 0. The molecule has 0 atom stereocenters. The molecule has 0 aliphatic carbocycles. The van der Waals surface area contributed by atoms with Gasteiger partial charge in [0, 0.05) is 0 Å². The molecular formula is C11H14Pd. The van der Waals surface area contributed by atoms with Gasteiger partial charge in [0.2, 0.25) is 0 Å². The molecule has 0 heterocycles. The van der Waals surface area contributed by atoms with E-state index >= 15 is 0 Å². The first kappa shape index (κ1) is 13.9. The summed E-state index contributed by atoms with van der Waals surface area (Å²) in [6.45, 7) is 10.1. The Morgan fingerprint density at radius 1 is 1.25 bits per heavy atom. The maximum Gasteiger partial charge on any atom is 2.00 e. The van der Waals surface area contributed by atoms with Gasteiger partial charge in [-0.25, -0.2) is 31.7 Å². The second-order valence-electron chi connectivity index (χ2n) is 2.07. The van der Waals surface area contributed by atoms with Crippen molar-refractivity contribution in [2.24, 2.45) is 0 Å². The van der Waals surface area contributed by atoms with Crippen molar-refractivity contribution in [2.45, 2.75) is 6.42 Å². The first-order valence-electron chi connectivity index (χ1n) is 3.56. The van der Waals surface area contributed by atoms with Crippen LogP contribution in [0.25, 0.3) is 0 Å². The molecule has 0 unspecified atom stereocenters. The van der Waals surface area contributed by atoms with Crippen LogP contribution >= 0.6 is 0 Å². The van der Waals surface area contributed by atoms with Crippen LogP contribution in [-0.2, 0) is 26.8 Å². The van der Waals surface area contributed by atoms with Gasteiger partial charge in [-0.15, -0.1) is 6.58 Å². The van der Waals surface area contributed by atoms with Crippen LogP contribution < -0.4 is 0 Å². The van der Waals surface area contributed by atoms with Gasteiger partial charge < -0.3 is 0 Å². The van der Waals surface area contributed by atoms with Crippen LogP contribution in [0.4, 0.5) is 0 Å². The van der Waals surface area contributed by atoms with Gasteiger partial charge in [0.25, 0.3) is 0 Å². The van der Waals surface area contributed by atoms with Gasteiger partial charge in [-0.2, -0.15) is 17.7 Å². The van der Waals surface area contributed by atoms with Crippen LogP contribution in [0.3, 0.4) is 0 Å². The number of allylic oxidation sites excluding steroid dienone is 2.